The van der Waals surface area contributed by atoms with E-state index in [1.807, 2.05) is 0 Å². The normalized spacial score (nSPS) is 12.2. The average Bonchev–Trinajstić information content (AvgIpc) is 2.73. The molecule has 4 rings (SSSR count). The summed E-state index contributed by atoms with van der Waals surface area (Å²) >= 11 is 0. The maximum Gasteiger partial charge on any atom is 0.573 e. The van der Waals surface area contributed by atoms with E-state index in [2.05, 4.69) is 14.8 Å². The molecule has 2 heterocycles. The highest BCUT2D eigenvalue weighted by Crippen LogP contribution is 2.31. The van der Waals surface area contributed by atoms with Crippen molar-refractivity contribution in [1.29, 1.82) is 0 Å². The van der Waals surface area contributed by atoms with E-state index in [-0.39, 0.29) is 27.8 Å². The van der Waals surface area contributed by atoms with Gasteiger partial charge in [0.1, 0.15) is 17.0 Å². The number of pyridine rings is 1. The summed E-state index contributed by atoms with van der Waals surface area (Å²) in [7, 11) is 0. The standard InChI is InChI=1S/C21H11F6N3O2/c22-20(23,24)13-6-8-14(9-7-13)30-19(31)16-5-2-10-28-18(16)17(29-30)12-3-1-4-15(11-12)32-21(25,26)27/h1-11H. The van der Waals surface area contributed by atoms with Crippen LogP contribution in [-0.4, -0.2) is 21.1 Å². The topological polar surface area (TPSA) is 57.0 Å². The van der Waals surface area contributed by atoms with Gasteiger partial charge in [0.05, 0.1) is 16.6 Å². The van der Waals surface area contributed by atoms with Gasteiger partial charge >= 0.3 is 12.5 Å². The second-order valence-corrected chi connectivity index (χ2v) is 6.59. The minimum atomic E-state index is -4.91. The Morgan fingerprint density at radius 1 is 0.875 bits per heavy atom. The van der Waals surface area contributed by atoms with Crippen LogP contribution in [0.1, 0.15) is 5.56 Å². The molecule has 32 heavy (non-hydrogen) atoms. The molecule has 0 aliphatic carbocycles. The van der Waals surface area contributed by atoms with Crippen molar-refractivity contribution in [3.8, 4) is 22.7 Å². The Hall–Kier alpha value is -3.89. The molecule has 0 fully saturated rings. The number of alkyl halides is 6. The molecule has 0 amide bonds. The lowest BCUT2D eigenvalue weighted by atomic mass is 10.1. The number of nitrogens with zero attached hydrogens (tertiary/aromatic N) is 3. The van der Waals surface area contributed by atoms with Gasteiger partial charge in [-0.25, -0.2) is 0 Å². The van der Waals surface area contributed by atoms with Crippen LogP contribution in [0.5, 0.6) is 5.75 Å². The van der Waals surface area contributed by atoms with Crippen LogP contribution in [0, 0.1) is 0 Å². The minimum Gasteiger partial charge on any atom is -0.406 e. The van der Waals surface area contributed by atoms with E-state index in [1.54, 1.807) is 0 Å². The van der Waals surface area contributed by atoms with Crippen LogP contribution < -0.4 is 10.3 Å². The molecule has 0 radical (unpaired) electrons. The summed E-state index contributed by atoms with van der Waals surface area (Å²) in [5, 5.41) is 4.28. The van der Waals surface area contributed by atoms with Crippen molar-refractivity contribution in [1.82, 2.24) is 14.8 Å². The Bertz CT molecular complexity index is 1340. The van der Waals surface area contributed by atoms with Crippen molar-refractivity contribution in [2.24, 2.45) is 0 Å². The van der Waals surface area contributed by atoms with Gasteiger partial charge in [0.15, 0.2) is 0 Å². The third-order valence-corrected chi connectivity index (χ3v) is 4.44. The molecule has 4 aromatic rings. The first-order chi connectivity index (χ1) is 15.0. The van der Waals surface area contributed by atoms with Crippen molar-refractivity contribution in [2.45, 2.75) is 12.5 Å². The maximum atomic E-state index is 12.9. The molecule has 0 aliphatic heterocycles. The lowest BCUT2D eigenvalue weighted by Crippen LogP contribution is -2.22. The first-order valence-corrected chi connectivity index (χ1v) is 8.95. The fourth-order valence-corrected chi connectivity index (χ4v) is 3.08. The number of fused-ring (bicyclic) bond motifs is 1. The lowest BCUT2D eigenvalue weighted by molar-refractivity contribution is -0.274. The molecule has 0 saturated heterocycles. The average molecular weight is 451 g/mol. The van der Waals surface area contributed by atoms with Gasteiger partial charge in [-0.3, -0.25) is 9.78 Å². The maximum absolute atomic E-state index is 12.9. The summed E-state index contributed by atoms with van der Waals surface area (Å²) in [5.41, 5.74) is -1.19. The minimum absolute atomic E-state index is 0.0395. The van der Waals surface area contributed by atoms with Gasteiger partial charge < -0.3 is 4.74 Å². The molecule has 0 N–H and O–H groups in total. The van der Waals surface area contributed by atoms with Crippen LogP contribution in [0.25, 0.3) is 27.8 Å². The second-order valence-electron chi connectivity index (χ2n) is 6.59. The Morgan fingerprint density at radius 3 is 2.25 bits per heavy atom. The van der Waals surface area contributed by atoms with Crippen LogP contribution in [0.2, 0.25) is 0 Å². The first kappa shape index (κ1) is 21.3. The predicted octanol–water partition coefficient (Wildman–Crippen LogP) is 5.37. The molecule has 0 bridgehead atoms. The van der Waals surface area contributed by atoms with E-state index in [9.17, 15) is 31.1 Å². The van der Waals surface area contributed by atoms with E-state index < -0.39 is 29.4 Å². The van der Waals surface area contributed by atoms with E-state index in [1.165, 1.54) is 30.5 Å². The summed E-state index contributed by atoms with van der Waals surface area (Å²) < 4.78 is 81.2. The Balaban J connectivity index is 1.91. The van der Waals surface area contributed by atoms with Crippen LogP contribution in [0.3, 0.4) is 0 Å². The lowest BCUT2D eigenvalue weighted by Gasteiger charge is -2.13. The van der Waals surface area contributed by atoms with Gasteiger partial charge in [-0.15, -0.1) is 13.2 Å². The quantitative estimate of drug-likeness (QED) is 0.394. The van der Waals surface area contributed by atoms with Crippen molar-refractivity contribution < 1.29 is 31.1 Å². The van der Waals surface area contributed by atoms with Crippen LogP contribution in [0.4, 0.5) is 26.3 Å². The van der Waals surface area contributed by atoms with Crippen molar-refractivity contribution in [3.63, 3.8) is 0 Å². The van der Waals surface area contributed by atoms with Crippen LogP contribution >= 0.6 is 0 Å². The van der Waals surface area contributed by atoms with E-state index >= 15 is 0 Å². The highest BCUT2D eigenvalue weighted by Gasteiger charge is 2.31. The number of ether oxygens (including phenoxy) is 1. The van der Waals surface area contributed by atoms with E-state index in [4.69, 9.17) is 0 Å². The molecular formula is C21H11F6N3O2. The third kappa shape index (κ3) is 4.27. The number of halogens is 6. The molecule has 0 saturated carbocycles. The number of benzene rings is 2. The Morgan fingerprint density at radius 2 is 1.59 bits per heavy atom. The molecule has 0 atom stereocenters. The summed E-state index contributed by atoms with van der Waals surface area (Å²) in [6.45, 7) is 0. The summed E-state index contributed by atoms with van der Waals surface area (Å²) in [6.07, 6.45) is -8.09. The number of hydrogen-bond acceptors (Lipinski definition) is 4. The molecule has 5 nitrogen and oxygen atoms in total. The molecule has 11 heteroatoms. The van der Waals surface area contributed by atoms with Gasteiger partial charge in [-0.2, -0.15) is 23.0 Å². The monoisotopic (exact) mass is 451 g/mol. The number of aromatic nitrogens is 3. The third-order valence-electron chi connectivity index (χ3n) is 4.44. The van der Waals surface area contributed by atoms with Crippen LogP contribution in [0.15, 0.2) is 71.7 Å². The van der Waals surface area contributed by atoms with Crippen LogP contribution in [-0.2, 0) is 6.18 Å². The zero-order valence-corrected chi connectivity index (χ0v) is 15.8. The van der Waals surface area contributed by atoms with Crippen molar-refractivity contribution >= 4 is 10.9 Å². The smallest absolute Gasteiger partial charge is 0.406 e. The molecular weight excluding hydrogens is 440 g/mol. The zero-order valence-electron chi connectivity index (χ0n) is 15.8. The molecule has 0 spiro atoms. The fraction of sp³-hybridized carbons (Fsp3) is 0.0952. The molecule has 2 aromatic heterocycles. The Labute approximate surface area is 175 Å². The second kappa shape index (κ2) is 7.66. The summed E-state index contributed by atoms with van der Waals surface area (Å²) in [4.78, 5) is 17.0. The highest BCUT2D eigenvalue weighted by molar-refractivity contribution is 5.90. The first-order valence-electron chi connectivity index (χ1n) is 8.95. The number of hydrogen-bond donors (Lipinski definition) is 0. The van der Waals surface area contributed by atoms with E-state index in [0.29, 0.717) is 0 Å². The SMILES string of the molecule is O=c1c2cccnc2c(-c2cccc(OC(F)(F)F)c2)nn1-c1ccc(C(F)(F)F)cc1. The summed E-state index contributed by atoms with van der Waals surface area (Å²) in [5.74, 6) is -0.506. The zero-order chi connectivity index (χ0) is 23.1. The van der Waals surface area contributed by atoms with Gasteiger partial charge in [-0.1, -0.05) is 12.1 Å². The van der Waals surface area contributed by atoms with Gasteiger partial charge in [-0.05, 0) is 48.5 Å². The number of rotatable bonds is 3. The molecule has 164 valence electrons. The summed E-state index contributed by atoms with van der Waals surface area (Å²) in [6, 6.07) is 11.6. The fourth-order valence-electron chi connectivity index (χ4n) is 3.08. The van der Waals surface area contributed by atoms with E-state index in [0.717, 1.165) is 41.1 Å². The largest absolute Gasteiger partial charge is 0.573 e. The van der Waals surface area contributed by atoms with Gasteiger partial charge in [0.25, 0.3) is 5.56 Å². The molecule has 0 aliphatic rings. The molecule has 2 aromatic carbocycles. The van der Waals surface area contributed by atoms with Gasteiger partial charge in [0.2, 0.25) is 0 Å². The van der Waals surface area contributed by atoms with Gasteiger partial charge in [0, 0.05) is 11.8 Å². The highest BCUT2D eigenvalue weighted by atomic mass is 19.4. The van der Waals surface area contributed by atoms with Crippen molar-refractivity contribution in [2.75, 3.05) is 0 Å². The Kier molecular flexibility index (Phi) is 5.11. The van der Waals surface area contributed by atoms with Crippen molar-refractivity contribution in [3.05, 3.63) is 82.8 Å². The molecule has 0 unspecified atom stereocenters. The predicted molar refractivity (Wildman–Crippen MR) is 102 cm³/mol.